The summed E-state index contributed by atoms with van der Waals surface area (Å²) in [6, 6.07) is 6.51. The number of hydrazine groups is 1. The molecular weight excluding hydrogens is 280 g/mol. The lowest BCUT2D eigenvalue weighted by molar-refractivity contribution is 0.102. The number of nitrogen functional groups attached to an aromatic ring is 1. The van der Waals surface area contributed by atoms with Gasteiger partial charge in [-0.15, -0.1) is 0 Å². The second-order valence-corrected chi connectivity index (χ2v) is 4.30. The summed E-state index contributed by atoms with van der Waals surface area (Å²) >= 11 is 5.91. The highest BCUT2D eigenvalue weighted by Crippen LogP contribution is 2.28. The number of amides is 1. The first-order valence-electron chi connectivity index (χ1n) is 5.71. The Hall–Kier alpha value is -2.31. The fourth-order valence-electron chi connectivity index (χ4n) is 1.68. The van der Waals surface area contributed by atoms with Crippen molar-refractivity contribution >= 4 is 28.9 Å². The number of carbonyl (C=O) groups is 1. The van der Waals surface area contributed by atoms with Gasteiger partial charge in [-0.1, -0.05) is 11.6 Å². The standard InChI is InChI=1S/C13H13ClN4O2/c1-20-12-3-2-8(14)6-10(12)17-13(19)9-4-5-16-7-11(9)18-15/h2-7,18H,15H2,1H3,(H,17,19). The van der Waals surface area contributed by atoms with Crippen LogP contribution >= 0.6 is 11.6 Å². The molecule has 0 spiro atoms. The van der Waals surface area contributed by atoms with Crippen molar-refractivity contribution in [2.24, 2.45) is 5.84 Å². The Kier molecular flexibility index (Phi) is 4.39. The summed E-state index contributed by atoms with van der Waals surface area (Å²) in [6.07, 6.45) is 2.97. The van der Waals surface area contributed by atoms with Crippen LogP contribution in [0.2, 0.25) is 5.02 Å². The Bertz CT molecular complexity index is 634. The first-order valence-corrected chi connectivity index (χ1v) is 6.09. The molecule has 0 radical (unpaired) electrons. The lowest BCUT2D eigenvalue weighted by atomic mass is 10.2. The van der Waals surface area contributed by atoms with Crippen molar-refractivity contribution in [2.75, 3.05) is 17.9 Å². The molecule has 1 aromatic heterocycles. The minimum Gasteiger partial charge on any atom is -0.495 e. The first kappa shape index (κ1) is 14.1. The van der Waals surface area contributed by atoms with Crippen molar-refractivity contribution < 1.29 is 9.53 Å². The van der Waals surface area contributed by atoms with Gasteiger partial charge in [-0.05, 0) is 24.3 Å². The summed E-state index contributed by atoms with van der Waals surface area (Å²) in [6.45, 7) is 0. The van der Waals surface area contributed by atoms with Crippen LogP contribution in [0.25, 0.3) is 0 Å². The van der Waals surface area contributed by atoms with Crippen molar-refractivity contribution in [3.63, 3.8) is 0 Å². The predicted octanol–water partition coefficient (Wildman–Crippen LogP) is 2.28. The van der Waals surface area contributed by atoms with Crippen molar-refractivity contribution in [3.8, 4) is 5.75 Å². The molecule has 0 fully saturated rings. The van der Waals surface area contributed by atoms with Gasteiger partial charge in [-0.25, -0.2) is 0 Å². The molecule has 0 aliphatic rings. The number of anilines is 2. The van der Waals surface area contributed by atoms with Gasteiger partial charge in [-0.3, -0.25) is 15.6 Å². The largest absolute Gasteiger partial charge is 0.495 e. The van der Waals surface area contributed by atoms with Crippen molar-refractivity contribution in [1.29, 1.82) is 0 Å². The molecule has 0 bridgehead atoms. The molecule has 0 aliphatic carbocycles. The summed E-state index contributed by atoms with van der Waals surface area (Å²) in [5.41, 5.74) is 3.69. The minimum absolute atomic E-state index is 0.346. The molecule has 7 heteroatoms. The Labute approximate surface area is 120 Å². The number of nitrogens with two attached hydrogens (primary N) is 1. The minimum atomic E-state index is -0.346. The molecule has 1 heterocycles. The van der Waals surface area contributed by atoms with E-state index in [2.05, 4.69) is 15.7 Å². The lowest BCUT2D eigenvalue weighted by Gasteiger charge is -2.12. The molecule has 1 amide bonds. The van der Waals surface area contributed by atoms with E-state index in [9.17, 15) is 4.79 Å². The molecule has 2 rings (SSSR count). The number of hydrogen-bond acceptors (Lipinski definition) is 5. The number of benzene rings is 1. The molecule has 4 N–H and O–H groups in total. The quantitative estimate of drug-likeness (QED) is 0.594. The van der Waals surface area contributed by atoms with E-state index in [4.69, 9.17) is 22.2 Å². The highest BCUT2D eigenvalue weighted by Gasteiger charge is 2.13. The fraction of sp³-hybridized carbons (Fsp3) is 0.0769. The van der Waals surface area contributed by atoms with E-state index in [1.165, 1.54) is 19.5 Å². The van der Waals surface area contributed by atoms with Gasteiger partial charge in [0, 0.05) is 11.2 Å². The number of methoxy groups -OCH3 is 1. The van der Waals surface area contributed by atoms with Crippen molar-refractivity contribution in [3.05, 3.63) is 47.2 Å². The van der Waals surface area contributed by atoms with Crippen LogP contribution < -0.4 is 21.3 Å². The number of pyridine rings is 1. The molecule has 2 aromatic rings. The van der Waals surface area contributed by atoms with Gasteiger partial charge in [0.25, 0.3) is 5.91 Å². The SMILES string of the molecule is COc1ccc(Cl)cc1NC(=O)c1ccncc1NN. The van der Waals surface area contributed by atoms with E-state index < -0.39 is 0 Å². The molecule has 1 aromatic carbocycles. The maximum atomic E-state index is 12.2. The Morgan fingerprint density at radius 3 is 2.85 bits per heavy atom. The van der Waals surface area contributed by atoms with Gasteiger partial charge in [0.05, 0.1) is 30.2 Å². The zero-order valence-corrected chi connectivity index (χ0v) is 11.4. The Morgan fingerprint density at radius 1 is 1.35 bits per heavy atom. The molecule has 6 nitrogen and oxygen atoms in total. The van der Waals surface area contributed by atoms with Crippen LogP contribution in [0, 0.1) is 0 Å². The number of halogens is 1. The maximum Gasteiger partial charge on any atom is 0.258 e. The smallest absolute Gasteiger partial charge is 0.258 e. The summed E-state index contributed by atoms with van der Waals surface area (Å²) in [5.74, 6) is 5.51. The van der Waals surface area contributed by atoms with Crippen LogP contribution in [0.3, 0.4) is 0 Å². The third-order valence-corrected chi connectivity index (χ3v) is 2.87. The number of nitrogens with one attached hydrogen (secondary N) is 2. The zero-order chi connectivity index (χ0) is 14.5. The lowest BCUT2D eigenvalue weighted by Crippen LogP contribution is -2.17. The van der Waals surface area contributed by atoms with Crippen LogP contribution in [0.4, 0.5) is 11.4 Å². The predicted molar refractivity (Wildman–Crippen MR) is 78.0 cm³/mol. The third-order valence-electron chi connectivity index (χ3n) is 2.63. The average Bonchev–Trinajstić information content (AvgIpc) is 2.47. The summed E-state index contributed by atoms with van der Waals surface area (Å²) in [7, 11) is 1.51. The normalized spacial score (nSPS) is 9.95. The highest BCUT2D eigenvalue weighted by molar-refractivity contribution is 6.31. The number of hydrogen-bond donors (Lipinski definition) is 3. The van der Waals surface area contributed by atoms with E-state index in [-0.39, 0.29) is 5.91 Å². The average molecular weight is 293 g/mol. The van der Waals surface area contributed by atoms with Crippen LogP contribution in [-0.2, 0) is 0 Å². The Balaban J connectivity index is 2.30. The molecule has 0 unspecified atom stereocenters. The highest BCUT2D eigenvalue weighted by atomic mass is 35.5. The van der Waals surface area contributed by atoms with Gasteiger partial charge in [-0.2, -0.15) is 0 Å². The van der Waals surface area contributed by atoms with E-state index in [0.29, 0.717) is 27.7 Å². The van der Waals surface area contributed by atoms with Crippen molar-refractivity contribution in [2.45, 2.75) is 0 Å². The topological polar surface area (TPSA) is 89.3 Å². The second kappa shape index (κ2) is 6.23. The first-order chi connectivity index (χ1) is 9.65. The van der Waals surface area contributed by atoms with Crippen LogP contribution in [0.15, 0.2) is 36.7 Å². The molecular formula is C13H13ClN4O2. The van der Waals surface area contributed by atoms with E-state index >= 15 is 0 Å². The van der Waals surface area contributed by atoms with E-state index in [0.717, 1.165) is 0 Å². The molecule has 0 saturated heterocycles. The molecule has 20 heavy (non-hydrogen) atoms. The third kappa shape index (κ3) is 2.98. The summed E-state index contributed by atoms with van der Waals surface area (Å²) < 4.78 is 5.17. The van der Waals surface area contributed by atoms with E-state index in [1.54, 1.807) is 24.3 Å². The zero-order valence-electron chi connectivity index (χ0n) is 10.7. The second-order valence-electron chi connectivity index (χ2n) is 3.86. The Morgan fingerprint density at radius 2 is 2.15 bits per heavy atom. The van der Waals surface area contributed by atoms with Crippen LogP contribution in [0.5, 0.6) is 5.75 Å². The fourth-order valence-corrected chi connectivity index (χ4v) is 1.85. The number of carbonyl (C=O) groups excluding carboxylic acids is 1. The van der Waals surface area contributed by atoms with E-state index in [1.807, 2.05) is 0 Å². The van der Waals surface area contributed by atoms with Crippen LogP contribution in [0.1, 0.15) is 10.4 Å². The van der Waals surface area contributed by atoms with Gasteiger partial charge in [0.15, 0.2) is 0 Å². The summed E-state index contributed by atoms with van der Waals surface area (Å²) in [5, 5.41) is 3.22. The molecule has 0 saturated carbocycles. The van der Waals surface area contributed by atoms with Crippen LogP contribution in [-0.4, -0.2) is 18.0 Å². The number of nitrogens with zero attached hydrogens (tertiary/aromatic N) is 1. The summed E-state index contributed by atoms with van der Waals surface area (Å²) in [4.78, 5) is 16.1. The van der Waals surface area contributed by atoms with Gasteiger partial charge in [0.2, 0.25) is 0 Å². The molecule has 104 valence electrons. The molecule has 0 atom stereocenters. The molecule has 0 aliphatic heterocycles. The van der Waals surface area contributed by atoms with Gasteiger partial charge >= 0.3 is 0 Å². The number of rotatable bonds is 4. The van der Waals surface area contributed by atoms with Gasteiger partial charge < -0.3 is 15.5 Å². The van der Waals surface area contributed by atoms with Crippen molar-refractivity contribution in [1.82, 2.24) is 4.98 Å². The van der Waals surface area contributed by atoms with Gasteiger partial charge in [0.1, 0.15) is 5.75 Å². The number of aromatic nitrogens is 1. The number of ether oxygens (including phenoxy) is 1. The maximum absolute atomic E-state index is 12.2. The monoisotopic (exact) mass is 292 g/mol.